The molecule has 0 saturated heterocycles. The third kappa shape index (κ3) is 2.37. The third-order valence-corrected chi connectivity index (χ3v) is 4.46. The summed E-state index contributed by atoms with van der Waals surface area (Å²) in [6.45, 7) is 0. The molecule has 1 aromatic carbocycles. The molecule has 7 heteroatoms. The Bertz CT molecular complexity index is 704. The fourth-order valence-corrected chi connectivity index (χ4v) is 2.85. The molecule has 0 amide bonds. The zero-order valence-corrected chi connectivity index (χ0v) is 10.9. The van der Waals surface area contributed by atoms with Gasteiger partial charge in [0.15, 0.2) is 0 Å². The van der Waals surface area contributed by atoms with Crippen LogP contribution in [0, 0.1) is 5.82 Å². The summed E-state index contributed by atoms with van der Waals surface area (Å²) >= 11 is 0. The van der Waals surface area contributed by atoms with Gasteiger partial charge in [0.05, 0.1) is 11.4 Å². The molecule has 0 atom stereocenters. The minimum Gasteiger partial charge on any atom is -0.398 e. The van der Waals surface area contributed by atoms with Gasteiger partial charge in [-0.15, -0.1) is 0 Å². The van der Waals surface area contributed by atoms with Crippen molar-refractivity contribution in [3.63, 3.8) is 0 Å². The number of pyridine rings is 1. The molecule has 1 aromatic heterocycles. The molecule has 0 fully saturated rings. The first-order chi connectivity index (χ1) is 8.94. The van der Waals surface area contributed by atoms with E-state index in [-0.39, 0.29) is 16.3 Å². The molecule has 19 heavy (non-hydrogen) atoms. The number of rotatable bonds is 3. The minimum atomic E-state index is -3.94. The van der Waals surface area contributed by atoms with Gasteiger partial charge in [-0.1, -0.05) is 12.1 Å². The lowest BCUT2D eigenvalue weighted by atomic mass is 10.3. The van der Waals surface area contributed by atoms with Crippen molar-refractivity contribution in [2.75, 3.05) is 17.1 Å². The number of nitrogen functional groups attached to an aromatic ring is 1. The van der Waals surface area contributed by atoms with E-state index >= 15 is 0 Å². The number of aromatic nitrogens is 1. The lowest BCUT2D eigenvalue weighted by molar-refractivity contribution is 0.589. The van der Waals surface area contributed by atoms with Crippen LogP contribution in [0.5, 0.6) is 0 Å². The molecule has 2 rings (SSSR count). The van der Waals surface area contributed by atoms with Crippen molar-refractivity contribution in [2.24, 2.45) is 0 Å². The van der Waals surface area contributed by atoms with Crippen LogP contribution in [0.25, 0.3) is 0 Å². The average molecular weight is 281 g/mol. The van der Waals surface area contributed by atoms with Gasteiger partial charge < -0.3 is 5.73 Å². The van der Waals surface area contributed by atoms with E-state index < -0.39 is 15.8 Å². The van der Waals surface area contributed by atoms with Crippen molar-refractivity contribution in [3.05, 3.63) is 48.5 Å². The summed E-state index contributed by atoms with van der Waals surface area (Å²) in [5.41, 5.74) is 5.64. The molecular weight excluding hydrogens is 269 g/mol. The quantitative estimate of drug-likeness (QED) is 0.927. The number of anilines is 2. The molecule has 2 aromatic rings. The van der Waals surface area contributed by atoms with Crippen molar-refractivity contribution >= 4 is 21.4 Å². The van der Waals surface area contributed by atoms with Gasteiger partial charge in [0.1, 0.15) is 10.7 Å². The fraction of sp³-hybridized carbons (Fsp3) is 0.0833. The van der Waals surface area contributed by atoms with E-state index in [0.717, 1.165) is 10.5 Å². The number of nitrogens with zero attached hydrogens (tertiary/aromatic N) is 2. The van der Waals surface area contributed by atoms with Gasteiger partial charge in [0.25, 0.3) is 10.0 Å². The number of nitrogens with two attached hydrogens (primary N) is 1. The number of hydrogen-bond donors (Lipinski definition) is 1. The summed E-state index contributed by atoms with van der Waals surface area (Å²) < 4.78 is 39.2. The van der Waals surface area contributed by atoms with Gasteiger partial charge in [0.2, 0.25) is 0 Å². The van der Waals surface area contributed by atoms with E-state index in [0.29, 0.717) is 0 Å². The maximum Gasteiger partial charge on any atom is 0.267 e. The highest BCUT2D eigenvalue weighted by atomic mass is 32.2. The second-order valence-corrected chi connectivity index (χ2v) is 5.78. The second-order valence-electron chi connectivity index (χ2n) is 3.84. The zero-order valence-electron chi connectivity index (χ0n) is 10.1. The Kier molecular flexibility index (Phi) is 3.39. The van der Waals surface area contributed by atoms with Gasteiger partial charge in [-0.05, 0) is 18.2 Å². The fourth-order valence-electron chi connectivity index (χ4n) is 1.59. The number of hydrogen-bond acceptors (Lipinski definition) is 4. The number of halogens is 1. The maximum absolute atomic E-state index is 13.6. The Morgan fingerprint density at radius 1 is 1.26 bits per heavy atom. The normalized spacial score (nSPS) is 11.3. The topological polar surface area (TPSA) is 76.3 Å². The maximum atomic E-state index is 13.6. The van der Waals surface area contributed by atoms with Crippen LogP contribution in [0.1, 0.15) is 0 Å². The van der Waals surface area contributed by atoms with Crippen molar-refractivity contribution in [1.82, 2.24) is 4.98 Å². The highest BCUT2D eigenvalue weighted by Crippen LogP contribution is 2.26. The van der Waals surface area contributed by atoms with Gasteiger partial charge in [-0.2, -0.15) is 0 Å². The Labute approximate surface area is 110 Å². The molecule has 0 spiro atoms. The lowest BCUT2D eigenvalue weighted by Crippen LogP contribution is -2.28. The molecule has 0 aliphatic rings. The Hall–Kier alpha value is -2.15. The summed E-state index contributed by atoms with van der Waals surface area (Å²) in [4.78, 5) is 3.58. The number of benzene rings is 1. The van der Waals surface area contributed by atoms with E-state index in [1.807, 2.05) is 0 Å². The summed E-state index contributed by atoms with van der Waals surface area (Å²) in [6.07, 6.45) is 2.53. The van der Waals surface area contributed by atoms with Crippen molar-refractivity contribution < 1.29 is 12.8 Å². The molecule has 2 N–H and O–H groups in total. The smallest absolute Gasteiger partial charge is 0.267 e. The van der Waals surface area contributed by atoms with Gasteiger partial charge in [0, 0.05) is 19.4 Å². The highest BCUT2D eigenvalue weighted by Gasteiger charge is 2.25. The van der Waals surface area contributed by atoms with Crippen LogP contribution >= 0.6 is 0 Å². The first-order valence-corrected chi connectivity index (χ1v) is 6.81. The average Bonchev–Trinajstić information content (AvgIpc) is 2.39. The van der Waals surface area contributed by atoms with Crippen molar-refractivity contribution in [3.8, 4) is 0 Å². The van der Waals surface area contributed by atoms with Crippen LogP contribution in [0.4, 0.5) is 15.8 Å². The number of para-hydroxylation sites is 1. The van der Waals surface area contributed by atoms with E-state index in [1.165, 1.54) is 37.5 Å². The molecule has 0 saturated carbocycles. The Balaban J connectivity index is 2.52. The van der Waals surface area contributed by atoms with E-state index in [2.05, 4.69) is 4.98 Å². The summed E-state index contributed by atoms with van der Waals surface area (Å²) in [5, 5.41) is 0. The monoisotopic (exact) mass is 281 g/mol. The van der Waals surface area contributed by atoms with Gasteiger partial charge in [-0.25, -0.2) is 12.8 Å². The summed E-state index contributed by atoms with van der Waals surface area (Å²) in [7, 11) is -2.68. The Morgan fingerprint density at radius 3 is 2.58 bits per heavy atom. The van der Waals surface area contributed by atoms with Crippen LogP contribution in [0.15, 0.2) is 47.6 Å². The number of sulfonamides is 1. The molecule has 0 aliphatic heterocycles. The largest absolute Gasteiger partial charge is 0.398 e. The molecule has 5 nitrogen and oxygen atoms in total. The molecule has 0 bridgehead atoms. The van der Waals surface area contributed by atoms with Gasteiger partial charge in [-0.3, -0.25) is 9.29 Å². The van der Waals surface area contributed by atoms with Gasteiger partial charge >= 0.3 is 0 Å². The van der Waals surface area contributed by atoms with E-state index in [1.54, 1.807) is 6.07 Å². The molecule has 0 unspecified atom stereocenters. The standard InChI is InChI=1S/C12H12FN3O2S/c1-16(11-5-3-2-4-9(11)13)19(17,18)12-8-15-7-6-10(12)14/h2-8H,1H3,(H2,14,15). The summed E-state index contributed by atoms with van der Waals surface area (Å²) in [5.74, 6) is -0.629. The second kappa shape index (κ2) is 4.85. The molecular formula is C12H12FN3O2S. The van der Waals surface area contributed by atoms with Crippen LogP contribution < -0.4 is 10.0 Å². The van der Waals surface area contributed by atoms with Crippen LogP contribution in [0.2, 0.25) is 0 Å². The molecule has 0 radical (unpaired) electrons. The van der Waals surface area contributed by atoms with E-state index in [4.69, 9.17) is 5.73 Å². The third-order valence-electron chi connectivity index (χ3n) is 2.65. The zero-order chi connectivity index (χ0) is 14.0. The molecule has 0 aliphatic carbocycles. The lowest BCUT2D eigenvalue weighted by Gasteiger charge is -2.20. The molecule has 100 valence electrons. The highest BCUT2D eigenvalue weighted by molar-refractivity contribution is 7.93. The minimum absolute atomic E-state index is 0.0502. The molecule has 1 heterocycles. The first kappa shape index (κ1) is 13.3. The first-order valence-electron chi connectivity index (χ1n) is 5.37. The predicted octanol–water partition coefficient (Wildman–Crippen LogP) is 1.63. The predicted molar refractivity (Wildman–Crippen MR) is 70.6 cm³/mol. The Morgan fingerprint density at radius 2 is 1.95 bits per heavy atom. The van der Waals surface area contributed by atoms with Crippen molar-refractivity contribution in [1.29, 1.82) is 0 Å². The van der Waals surface area contributed by atoms with Crippen molar-refractivity contribution in [2.45, 2.75) is 4.90 Å². The van der Waals surface area contributed by atoms with Crippen LogP contribution in [-0.4, -0.2) is 20.4 Å². The van der Waals surface area contributed by atoms with Crippen LogP contribution in [-0.2, 0) is 10.0 Å². The SMILES string of the molecule is CN(c1ccccc1F)S(=O)(=O)c1cnccc1N. The van der Waals surface area contributed by atoms with E-state index in [9.17, 15) is 12.8 Å². The van der Waals surface area contributed by atoms with Crippen LogP contribution in [0.3, 0.4) is 0 Å². The summed E-state index contributed by atoms with van der Waals surface area (Å²) in [6, 6.07) is 6.98.